The molecule has 0 amide bonds. The van der Waals surface area contributed by atoms with Crippen LogP contribution in [0.1, 0.15) is 25.5 Å². The molecular formula is C13H18BrNS. The summed E-state index contributed by atoms with van der Waals surface area (Å²) >= 11 is 5.16. The SMILES string of the molecule is C=C(Br)CSc1ccc(C(C)NCC)cc1. The van der Waals surface area contributed by atoms with Crippen LogP contribution in [0.4, 0.5) is 0 Å². The Morgan fingerprint density at radius 2 is 2.06 bits per heavy atom. The van der Waals surface area contributed by atoms with Crippen molar-refractivity contribution in [3.63, 3.8) is 0 Å². The van der Waals surface area contributed by atoms with E-state index in [2.05, 4.69) is 65.9 Å². The molecule has 0 aromatic heterocycles. The predicted molar refractivity (Wildman–Crippen MR) is 77.3 cm³/mol. The molecular weight excluding hydrogens is 282 g/mol. The lowest BCUT2D eigenvalue weighted by atomic mass is 10.1. The van der Waals surface area contributed by atoms with Gasteiger partial charge in [-0.1, -0.05) is 41.6 Å². The summed E-state index contributed by atoms with van der Waals surface area (Å²) in [6.45, 7) is 9.14. The maximum Gasteiger partial charge on any atom is 0.0292 e. The second-order valence-corrected chi connectivity index (χ2v) is 5.82. The van der Waals surface area contributed by atoms with Gasteiger partial charge in [-0.2, -0.15) is 0 Å². The predicted octanol–water partition coefficient (Wildman–Crippen LogP) is 4.36. The van der Waals surface area contributed by atoms with Crippen LogP contribution in [0, 0.1) is 0 Å². The minimum atomic E-state index is 0.426. The molecule has 88 valence electrons. The third-order valence-electron chi connectivity index (χ3n) is 2.29. The van der Waals surface area contributed by atoms with Crippen LogP contribution < -0.4 is 5.32 Å². The van der Waals surface area contributed by atoms with Gasteiger partial charge in [0, 0.05) is 16.7 Å². The second kappa shape index (κ2) is 7.15. The summed E-state index contributed by atoms with van der Waals surface area (Å²) in [6.07, 6.45) is 0. The van der Waals surface area contributed by atoms with Gasteiger partial charge in [0.2, 0.25) is 0 Å². The lowest BCUT2D eigenvalue weighted by Crippen LogP contribution is -2.17. The smallest absolute Gasteiger partial charge is 0.0292 e. The highest BCUT2D eigenvalue weighted by molar-refractivity contribution is 9.11. The second-order valence-electron chi connectivity index (χ2n) is 3.65. The summed E-state index contributed by atoms with van der Waals surface area (Å²) in [5.74, 6) is 0.919. The largest absolute Gasteiger partial charge is 0.310 e. The fraction of sp³-hybridized carbons (Fsp3) is 0.385. The Bertz CT molecular complexity index is 334. The van der Waals surface area contributed by atoms with E-state index < -0.39 is 0 Å². The van der Waals surface area contributed by atoms with Crippen molar-refractivity contribution < 1.29 is 0 Å². The summed E-state index contributed by atoms with van der Waals surface area (Å²) in [5.41, 5.74) is 1.34. The summed E-state index contributed by atoms with van der Waals surface area (Å²) in [4.78, 5) is 1.29. The maximum absolute atomic E-state index is 3.83. The minimum Gasteiger partial charge on any atom is -0.310 e. The van der Waals surface area contributed by atoms with Crippen molar-refractivity contribution in [2.24, 2.45) is 0 Å². The van der Waals surface area contributed by atoms with Gasteiger partial charge in [-0.15, -0.1) is 11.8 Å². The molecule has 0 aliphatic rings. The molecule has 1 aromatic carbocycles. The molecule has 0 saturated carbocycles. The van der Waals surface area contributed by atoms with Crippen LogP contribution >= 0.6 is 27.7 Å². The van der Waals surface area contributed by atoms with Crippen molar-refractivity contribution >= 4 is 27.7 Å². The van der Waals surface area contributed by atoms with Crippen LogP contribution in [0.2, 0.25) is 0 Å². The van der Waals surface area contributed by atoms with Gasteiger partial charge >= 0.3 is 0 Å². The van der Waals surface area contributed by atoms with E-state index in [0.29, 0.717) is 6.04 Å². The van der Waals surface area contributed by atoms with Crippen molar-refractivity contribution in [1.82, 2.24) is 5.32 Å². The van der Waals surface area contributed by atoms with E-state index in [9.17, 15) is 0 Å². The van der Waals surface area contributed by atoms with Crippen molar-refractivity contribution in [3.05, 3.63) is 40.9 Å². The topological polar surface area (TPSA) is 12.0 Å². The molecule has 0 fully saturated rings. The van der Waals surface area contributed by atoms with Gasteiger partial charge in [-0.3, -0.25) is 0 Å². The molecule has 0 aliphatic carbocycles. The third-order valence-corrected chi connectivity index (χ3v) is 4.04. The number of nitrogens with one attached hydrogen (secondary N) is 1. The van der Waals surface area contributed by atoms with Crippen LogP contribution in [0.3, 0.4) is 0 Å². The van der Waals surface area contributed by atoms with E-state index in [1.165, 1.54) is 10.5 Å². The fourth-order valence-electron chi connectivity index (χ4n) is 1.44. The first-order valence-corrected chi connectivity index (χ1v) is 7.20. The molecule has 1 rings (SSSR count). The summed E-state index contributed by atoms with van der Waals surface area (Å²) in [5, 5.41) is 3.40. The van der Waals surface area contributed by atoms with Gasteiger partial charge in [0.05, 0.1) is 0 Å². The monoisotopic (exact) mass is 299 g/mol. The summed E-state index contributed by atoms with van der Waals surface area (Å²) in [7, 11) is 0. The van der Waals surface area contributed by atoms with Crippen molar-refractivity contribution in [1.29, 1.82) is 0 Å². The van der Waals surface area contributed by atoms with Gasteiger partial charge in [0.15, 0.2) is 0 Å². The molecule has 1 aromatic rings. The van der Waals surface area contributed by atoms with E-state index >= 15 is 0 Å². The van der Waals surface area contributed by atoms with Crippen LogP contribution in [-0.2, 0) is 0 Å². The molecule has 3 heteroatoms. The molecule has 0 aliphatic heterocycles. The first kappa shape index (κ1) is 13.8. The standard InChI is InChI=1S/C13H18BrNS/c1-4-15-11(3)12-5-7-13(8-6-12)16-9-10(2)14/h5-8,11,15H,2,4,9H2,1,3H3. The molecule has 0 bridgehead atoms. The number of thioether (sulfide) groups is 1. The maximum atomic E-state index is 3.83. The Hall–Kier alpha value is -0.250. The van der Waals surface area contributed by atoms with E-state index in [4.69, 9.17) is 0 Å². The first-order valence-electron chi connectivity index (χ1n) is 5.43. The van der Waals surface area contributed by atoms with Gasteiger partial charge in [-0.25, -0.2) is 0 Å². The number of hydrogen-bond acceptors (Lipinski definition) is 2. The van der Waals surface area contributed by atoms with Crippen LogP contribution in [0.25, 0.3) is 0 Å². The molecule has 0 radical (unpaired) electrons. The van der Waals surface area contributed by atoms with Crippen LogP contribution in [-0.4, -0.2) is 12.3 Å². The highest BCUT2D eigenvalue weighted by Crippen LogP contribution is 2.23. The van der Waals surface area contributed by atoms with E-state index in [-0.39, 0.29) is 0 Å². The van der Waals surface area contributed by atoms with Crippen molar-refractivity contribution in [3.8, 4) is 0 Å². The normalized spacial score (nSPS) is 12.4. The van der Waals surface area contributed by atoms with Crippen molar-refractivity contribution in [2.75, 3.05) is 12.3 Å². The molecule has 0 spiro atoms. The Morgan fingerprint density at radius 1 is 1.44 bits per heavy atom. The van der Waals surface area contributed by atoms with Gasteiger partial charge in [-0.05, 0) is 35.6 Å². The number of rotatable bonds is 6. The summed E-state index contributed by atoms with van der Waals surface area (Å²) < 4.78 is 1.03. The number of halogens is 1. The lowest BCUT2D eigenvalue weighted by Gasteiger charge is -2.12. The summed E-state index contributed by atoms with van der Waals surface area (Å²) in [6, 6.07) is 9.14. The third kappa shape index (κ3) is 4.73. The quantitative estimate of drug-likeness (QED) is 0.784. The lowest BCUT2D eigenvalue weighted by molar-refractivity contribution is 0.598. The van der Waals surface area contributed by atoms with Gasteiger partial charge < -0.3 is 5.32 Å². The average molecular weight is 300 g/mol. The van der Waals surface area contributed by atoms with E-state index in [1.807, 2.05) is 0 Å². The zero-order valence-corrected chi connectivity index (χ0v) is 12.2. The Kier molecular flexibility index (Phi) is 6.17. The van der Waals surface area contributed by atoms with Crippen LogP contribution in [0.5, 0.6) is 0 Å². The number of benzene rings is 1. The molecule has 16 heavy (non-hydrogen) atoms. The molecule has 0 heterocycles. The molecule has 1 nitrogen and oxygen atoms in total. The first-order chi connectivity index (χ1) is 7.63. The minimum absolute atomic E-state index is 0.426. The Morgan fingerprint density at radius 3 is 2.56 bits per heavy atom. The fourth-order valence-corrected chi connectivity index (χ4v) is 2.43. The van der Waals surface area contributed by atoms with Crippen LogP contribution in [0.15, 0.2) is 40.2 Å². The zero-order chi connectivity index (χ0) is 12.0. The number of hydrogen-bond donors (Lipinski definition) is 1. The molecule has 1 atom stereocenters. The Balaban J connectivity index is 2.57. The average Bonchev–Trinajstić information content (AvgIpc) is 2.27. The Labute approximate surface area is 111 Å². The highest BCUT2D eigenvalue weighted by Gasteiger charge is 2.03. The van der Waals surface area contributed by atoms with E-state index in [1.54, 1.807) is 11.8 Å². The molecule has 1 N–H and O–H groups in total. The van der Waals surface area contributed by atoms with Gasteiger partial charge in [0.1, 0.15) is 0 Å². The molecule has 0 saturated heterocycles. The van der Waals surface area contributed by atoms with E-state index in [0.717, 1.165) is 16.8 Å². The van der Waals surface area contributed by atoms with Crippen molar-refractivity contribution in [2.45, 2.75) is 24.8 Å². The van der Waals surface area contributed by atoms with Gasteiger partial charge in [0.25, 0.3) is 0 Å². The molecule has 1 unspecified atom stereocenters. The zero-order valence-electron chi connectivity index (χ0n) is 9.79. The highest BCUT2D eigenvalue weighted by atomic mass is 79.9.